The van der Waals surface area contributed by atoms with Crippen LogP contribution in [-0.2, 0) is 24.2 Å². The fourth-order valence-corrected chi connectivity index (χ4v) is 3.15. The molecule has 3 rings (SSSR count). The summed E-state index contributed by atoms with van der Waals surface area (Å²) in [6.45, 7) is 3.51. The van der Waals surface area contributed by atoms with Crippen LogP contribution in [0.5, 0.6) is 5.75 Å². The number of anilines is 1. The van der Waals surface area contributed by atoms with Crippen LogP contribution < -0.4 is 15.4 Å². The van der Waals surface area contributed by atoms with Crippen LogP contribution in [0.25, 0.3) is 0 Å². The Balaban J connectivity index is 1.40. The second kappa shape index (κ2) is 10.3. The molecule has 0 aliphatic carbocycles. The second-order valence-corrected chi connectivity index (χ2v) is 7.16. The lowest BCUT2D eigenvalue weighted by molar-refractivity contribution is -0.120. The van der Waals surface area contributed by atoms with Crippen molar-refractivity contribution in [3.63, 3.8) is 0 Å². The van der Waals surface area contributed by atoms with Crippen molar-refractivity contribution in [2.45, 2.75) is 26.3 Å². The average Bonchev–Trinajstić information content (AvgIpc) is 2.74. The minimum absolute atomic E-state index is 0.0407. The predicted molar refractivity (Wildman–Crippen MR) is 118 cm³/mol. The number of ether oxygens (including phenoxy) is 1. The molecular weight excluding hydrogens is 360 g/mol. The number of amides is 1. The predicted octanol–water partition coefficient (Wildman–Crippen LogP) is 4.52. The molecular formula is C25H28N2O2. The van der Waals surface area contributed by atoms with Crippen LogP contribution in [-0.4, -0.2) is 19.6 Å². The summed E-state index contributed by atoms with van der Waals surface area (Å²) in [6.07, 6.45) is 1.19. The second-order valence-electron chi connectivity index (χ2n) is 7.16. The van der Waals surface area contributed by atoms with Gasteiger partial charge in [0.2, 0.25) is 5.91 Å². The monoisotopic (exact) mass is 388 g/mol. The highest BCUT2D eigenvalue weighted by Gasteiger charge is 2.04. The normalized spacial score (nSPS) is 10.4. The van der Waals surface area contributed by atoms with E-state index in [1.165, 1.54) is 16.7 Å². The number of nitrogens with one attached hydrogen (secondary N) is 2. The Kier molecular flexibility index (Phi) is 7.28. The van der Waals surface area contributed by atoms with Crippen molar-refractivity contribution in [2.75, 3.05) is 19.0 Å². The molecule has 3 aromatic rings. The summed E-state index contributed by atoms with van der Waals surface area (Å²) in [7, 11) is 1.65. The first kappa shape index (κ1) is 20.5. The number of hydrogen-bond acceptors (Lipinski definition) is 3. The number of methoxy groups -OCH3 is 1. The van der Waals surface area contributed by atoms with Crippen molar-refractivity contribution in [1.82, 2.24) is 5.32 Å². The van der Waals surface area contributed by atoms with Gasteiger partial charge in [0.1, 0.15) is 5.75 Å². The maximum absolute atomic E-state index is 12.2. The van der Waals surface area contributed by atoms with Gasteiger partial charge in [0.25, 0.3) is 0 Å². The molecule has 150 valence electrons. The molecule has 0 saturated carbocycles. The van der Waals surface area contributed by atoms with Gasteiger partial charge in [0, 0.05) is 18.8 Å². The lowest BCUT2D eigenvalue weighted by atomic mass is 10.1. The quantitative estimate of drug-likeness (QED) is 0.567. The molecule has 3 aromatic carbocycles. The van der Waals surface area contributed by atoms with Gasteiger partial charge < -0.3 is 15.4 Å². The van der Waals surface area contributed by atoms with Crippen LogP contribution >= 0.6 is 0 Å². The van der Waals surface area contributed by atoms with Gasteiger partial charge in [0.05, 0.1) is 13.5 Å². The Labute approximate surface area is 172 Å². The molecule has 4 nitrogen and oxygen atoms in total. The van der Waals surface area contributed by atoms with E-state index in [0.29, 0.717) is 13.0 Å². The summed E-state index contributed by atoms with van der Waals surface area (Å²) in [5.74, 6) is 0.883. The topological polar surface area (TPSA) is 50.4 Å². The first-order valence-electron chi connectivity index (χ1n) is 9.90. The van der Waals surface area contributed by atoms with Gasteiger partial charge in [-0.25, -0.2) is 0 Å². The zero-order chi connectivity index (χ0) is 20.5. The maximum Gasteiger partial charge on any atom is 0.224 e. The molecule has 29 heavy (non-hydrogen) atoms. The summed E-state index contributed by atoms with van der Waals surface area (Å²) in [5, 5.41) is 6.41. The molecule has 2 N–H and O–H groups in total. The standard InChI is InChI=1S/C25H28N2O2/c1-19-4-3-5-22(16-19)18-27-23-10-6-21(7-11-23)17-25(28)26-15-14-20-8-12-24(29-2)13-9-20/h3-13,16,27H,14-15,17-18H2,1-2H3,(H,26,28). The van der Waals surface area contributed by atoms with Crippen LogP contribution in [0.1, 0.15) is 22.3 Å². The van der Waals surface area contributed by atoms with Gasteiger partial charge in [-0.15, -0.1) is 0 Å². The van der Waals surface area contributed by atoms with E-state index >= 15 is 0 Å². The van der Waals surface area contributed by atoms with Crippen molar-refractivity contribution in [3.8, 4) is 5.75 Å². The highest BCUT2D eigenvalue weighted by atomic mass is 16.5. The SMILES string of the molecule is COc1ccc(CCNC(=O)Cc2ccc(NCc3cccc(C)c3)cc2)cc1. The van der Waals surface area contributed by atoms with Crippen LogP contribution in [0.3, 0.4) is 0 Å². The average molecular weight is 389 g/mol. The van der Waals surface area contributed by atoms with Crippen LogP contribution in [0.4, 0.5) is 5.69 Å². The van der Waals surface area contributed by atoms with Gasteiger partial charge in [-0.2, -0.15) is 0 Å². The van der Waals surface area contributed by atoms with E-state index in [9.17, 15) is 4.79 Å². The molecule has 0 bridgehead atoms. The molecule has 4 heteroatoms. The van der Waals surface area contributed by atoms with E-state index in [-0.39, 0.29) is 5.91 Å². The zero-order valence-electron chi connectivity index (χ0n) is 17.1. The first-order chi connectivity index (χ1) is 14.1. The van der Waals surface area contributed by atoms with Gasteiger partial charge in [-0.1, -0.05) is 54.1 Å². The fraction of sp³-hybridized carbons (Fsp3) is 0.240. The number of rotatable bonds is 9. The van der Waals surface area contributed by atoms with E-state index in [1.54, 1.807) is 7.11 Å². The number of carbonyl (C=O) groups excluding carboxylic acids is 1. The van der Waals surface area contributed by atoms with Crippen molar-refractivity contribution < 1.29 is 9.53 Å². The molecule has 1 amide bonds. The lowest BCUT2D eigenvalue weighted by Gasteiger charge is -2.09. The third kappa shape index (κ3) is 6.68. The third-order valence-corrected chi connectivity index (χ3v) is 4.79. The molecule has 0 fully saturated rings. The number of hydrogen-bond donors (Lipinski definition) is 2. The highest BCUT2D eigenvalue weighted by Crippen LogP contribution is 2.13. The molecule has 0 aromatic heterocycles. The number of carbonyl (C=O) groups is 1. The number of benzene rings is 3. The van der Waals surface area contributed by atoms with E-state index < -0.39 is 0 Å². The fourth-order valence-electron chi connectivity index (χ4n) is 3.15. The minimum atomic E-state index is 0.0407. The summed E-state index contributed by atoms with van der Waals surface area (Å²) >= 11 is 0. The highest BCUT2D eigenvalue weighted by molar-refractivity contribution is 5.78. The first-order valence-corrected chi connectivity index (χ1v) is 9.90. The summed E-state index contributed by atoms with van der Waals surface area (Å²) in [4.78, 5) is 12.2. The van der Waals surface area contributed by atoms with Crippen molar-refractivity contribution in [1.29, 1.82) is 0 Å². The van der Waals surface area contributed by atoms with Gasteiger partial charge in [0.15, 0.2) is 0 Å². The van der Waals surface area contributed by atoms with Crippen LogP contribution in [0.15, 0.2) is 72.8 Å². The van der Waals surface area contributed by atoms with Crippen molar-refractivity contribution >= 4 is 11.6 Å². The third-order valence-electron chi connectivity index (χ3n) is 4.79. The van der Waals surface area contributed by atoms with Crippen LogP contribution in [0, 0.1) is 6.92 Å². The molecule has 0 aliphatic rings. The van der Waals surface area contributed by atoms with E-state index in [1.807, 2.05) is 48.5 Å². The molecule has 0 unspecified atom stereocenters. The Bertz CT molecular complexity index is 918. The molecule has 0 radical (unpaired) electrons. The smallest absolute Gasteiger partial charge is 0.224 e. The van der Waals surface area contributed by atoms with Gasteiger partial charge in [-0.05, 0) is 54.3 Å². The van der Waals surface area contributed by atoms with Crippen molar-refractivity contribution in [3.05, 3.63) is 95.1 Å². The Morgan fingerprint density at radius 2 is 1.62 bits per heavy atom. The van der Waals surface area contributed by atoms with E-state index in [2.05, 4.69) is 41.8 Å². The summed E-state index contributed by atoms with van der Waals surface area (Å²) < 4.78 is 5.15. The Morgan fingerprint density at radius 3 is 2.31 bits per heavy atom. The maximum atomic E-state index is 12.2. The van der Waals surface area contributed by atoms with E-state index in [0.717, 1.165) is 30.0 Å². The molecule has 0 atom stereocenters. The Hall–Kier alpha value is -3.27. The summed E-state index contributed by atoms with van der Waals surface area (Å²) in [5.41, 5.74) is 5.75. The lowest BCUT2D eigenvalue weighted by Crippen LogP contribution is -2.27. The number of aryl methyl sites for hydroxylation is 1. The zero-order valence-corrected chi connectivity index (χ0v) is 17.1. The minimum Gasteiger partial charge on any atom is -0.497 e. The van der Waals surface area contributed by atoms with E-state index in [4.69, 9.17) is 4.74 Å². The molecule has 0 aliphatic heterocycles. The molecule has 0 saturated heterocycles. The van der Waals surface area contributed by atoms with Crippen molar-refractivity contribution in [2.24, 2.45) is 0 Å². The van der Waals surface area contributed by atoms with Crippen LogP contribution in [0.2, 0.25) is 0 Å². The summed E-state index contributed by atoms with van der Waals surface area (Å²) in [6, 6.07) is 24.4. The van der Waals surface area contributed by atoms with Gasteiger partial charge in [-0.3, -0.25) is 4.79 Å². The Morgan fingerprint density at radius 1 is 0.897 bits per heavy atom. The largest absolute Gasteiger partial charge is 0.497 e. The van der Waals surface area contributed by atoms with Gasteiger partial charge >= 0.3 is 0 Å². The molecule has 0 spiro atoms. The molecule has 0 heterocycles.